The predicted octanol–water partition coefficient (Wildman–Crippen LogP) is -0.160. The quantitative estimate of drug-likeness (QED) is 0.599. The number of carbonyl (C=O) groups is 1. The zero-order chi connectivity index (χ0) is 12.8. The highest BCUT2D eigenvalue weighted by molar-refractivity contribution is 5.81. The number of aliphatic hydroxyl groups excluding tert-OH is 1. The molecule has 0 aliphatic rings. The highest BCUT2D eigenvalue weighted by atomic mass is 16.5. The molecule has 1 atom stereocenters. The van der Waals surface area contributed by atoms with E-state index in [1.165, 1.54) is 0 Å². The molecule has 0 aliphatic heterocycles. The molecule has 5 nitrogen and oxygen atoms in total. The summed E-state index contributed by atoms with van der Waals surface area (Å²) in [7, 11) is 3.42. The van der Waals surface area contributed by atoms with Crippen LogP contribution < -0.4 is 5.32 Å². The van der Waals surface area contributed by atoms with Crippen molar-refractivity contribution in [3.63, 3.8) is 0 Å². The van der Waals surface area contributed by atoms with Crippen LogP contribution in [0.25, 0.3) is 0 Å². The van der Waals surface area contributed by atoms with E-state index in [1.54, 1.807) is 7.11 Å². The number of amides is 1. The second-order valence-electron chi connectivity index (χ2n) is 4.54. The summed E-state index contributed by atoms with van der Waals surface area (Å²) < 4.78 is 4.85. The zero-order valence-corrected chi connectivity index (χ0v) is 10.9. The Morgan fingerprint density at radius 2 is 2.12 bits per heavy atom. The van der Waals surface area contributed by atoms with Crippen LogP contribution in [-0.4, -0.2) is 61.4 Å². The Bertz CT molecular complexity index is 219. The van der Waals surface area contributed by atoms with Gasteiger partial charge in [-0.15, -0.1) is 0 Å². The smallest absolute Gasteiger partial charge is 0.237 e. The van der Waals surface area contributed by atoms with E-state index in [2.05, 4.69) is 5.32 Å². The second kappa shape index (κ2) is 6.83. The first-order valence-electron chi connectivity index (χ1n) is 5.47. The van der Waals surface area contributed by atoms with Crippen LogP contribution in [-0.2, 0) is 9.53 Å². The highest BCUT2D eigenvalue weighted by Crippen LogP contribution is 2.14. The van der Waals surface area contributed by atoms with Crippen molar-refractivity contribution < 1.29 is 14.6 Å². The van der Waals surface area contributed by atoms with Crippen LogP contribution in [0.1, 0.15) is 20.8 Å². The molecule has 0 rings (SSSR count). The number of methoxy groups -OCH3 is 1. The lowest BCUT2D eigenvalue weighted by Crippen LogP contribution is -2.54. The van der Waals surface area contributed by atoms with Gasteiger partial charge in [0.05, 0.1) is 19.3 Å². The van der Waals surface area contributed by atoms with Crippen molar-refractivity contribution in [2.24, 2.45) is 0 Å². The van der Waals surface area contributed by atoms with Crippen molar-refractivity contribution in [3.8, 4) is 0 Å². The lowest BCUT2D eigenvalue weighted by molar-refractivity contribution is -0.128. The van der Waals surface area contributed by atoms with Crippen LogP contribution in [0.4, 0.5) is 0 Å². The minimum atomic E-state index is -0.405. The van der Waals surface area contributed by atoms with Crippen molar-refractivity contribution in [2.45, 2.75) is 32.4 Å². The predicted molar refractivity (Wildman–Crippen MR) is 63.3 cm³/mol. The van der Waals surface area contributed by atoms with Crippen LogP contribution >= 0.6 is 0 Å². The van der Waals surface area contributed by atoms with Crippen LogP contribution in [0.5, 0.6) is 0 Å². The molecular formula is C11H24N2O3. The monoisotopic (exact) mass is 232 g/mol. The second-order valence-corrected chi connectivity index (χ2v) is 4.54. The van der Waals surface area contributed by atoms with Gasteiger partial charge in [0.1, 0.15) is 0 Å². The van der Waals surface area contributed by atoms with E-state index in [9.17, 15) is 9.90 Å². The van der Waals surface area contributed by atoms with Crippen LogP contribution in [0.15, 0.2) is 0 Å². The van der Waals surface area contributed by atoms with E-state index < -0.39 is 5.54 Å². The molecule has 0 fully saturated rings. The number of nitrogens with one attached hydrogen (secondary N) is 1. The molecule has 0 bridgehead atoms. The van der Waals surface area contributed by atoms with Gasteiger partial charge in [0.15, 0.2) is 0 Å². The van der Waals surface area contributed by atoms with E-state index in [-0.39, 0.29) is 18.6 Å². The first-order chi connectivity index (χ1) is 7.36. The van der Waals surface area contributed by atoms with E-state index in [0.717, 1.165) is 0 Å². The maximum absolute atomic E-state index is 11.7. The summed E-state index contributed by atoms with van der Waals surface area (Å²) in [6.07, 6.45) is 0. The van der Waals surface area contributed by atoms with Gasteiger partial charge in [0, 0.05) is 19.2 Å². The van der Waals surface area contributed by atoms with Gasteiger partial charge in [0.2, 0.25) is 5.91 Å². The summed E-state index contributed by atoms with van der Waals surface area (Å²) in [6.45, 7) is 6.63. The minimum Gasteiger partial charge on any atom is -0.394 e. The maximum Gasteiger partial charge on any atom is 0.237 e. The van der Waals surface area contributed by atoms with E-state index in [1.807, 2.05) is 32.7 Å². The number of nitrogens with zero attached hydrogens (tertiary/aromatic N) is 1. The molecule has 0 aromatic rings. The molecule has 96 valence electrons. The number of rotatable bonds is 7. The molecule has 0 aromatic carbocycles. The number of carbonyl (C=O) groups excluding carboxylic acids is 1. The standard InChI is InChI=1S/C11H24N2O3/c1-9(10(15)12-6-7-16-5)13(4)11(2,3)8-14/h9,14H,6-8H2,1-5H3,(H,12,15). The summed E-state index contributed by atoms with van der Waals surface area (Å²) in [5, 5.41) is 12.0. The van der Waals surface area contributed by atoms with Gasteiger partial charge in [-0.25, -0.2) is 0 Å². The number of ether oxygens (including phenoxy) is 1. The van der Waals surface area contributed by atoms with Crippen LogP contribution in [0.2, 0.25) is 0 Å². The third kappa shape index (κ3) is 4.47. The Labute approximate surface area is 97.8 Å². The maximum atomic E-state index is 11.7. The van der Waals surface area contributed by atoms with Crippen LogP contribution in [0, 0.1) is 0 Å². The molecular weight excluding hydrogens is 208 g/mol. The average Bonchev–Trinajstić information content (AvgIpc) is 2.27. The topological polar surface area (TPSA) is 61.8 Å². The Balaban J connectivity index is 4.21. The largest absolute Gasteiger partial charge is 0.394 e. The molecule has 0 spiro atoms. The molecule has 16 heavy (non-hydrogen) atoms. The van der Waals surface area contributed by atoms with Gasteiger partial charge < -0.3 is 15.2 Å². The molecule has 0 saturated heterocycles. The fourth-order valence-corrected chi connectivity index (χ4v) is 1.24. The van der Waals surface area contributed by atoms with Crippen LogP contribution in [0.3, 0.4) is 0 Å². The van der Waals surface area contributed by atoms with E-state index in [0.29, 0.717) is 13.2 Å². The molecule has 5 heteroatoms. The fourth-order valence-electron chi connectivity index (χ4n) is 1.24. The zero-order valence-electron chi connectivity index (χ0n) is 10.9. The van der Waals surface area contributed by atoms with Crippen molar-refractivity contribution in [3.05, 3.63) is 0 Å². The van der Waals surface area contributed by atoms with E-state index >= 15 is 0 Å². The van der Waals surface area contributed by atoms with Crippen molar-refractivity contribution in [1.29, 1.82) is 0 Å². The SMILES string of the molecule is COCCNC(=O)C(C)N(C)C(C)(C)CO. The molecule has 2 N–H and O–H groups in total. The Kier molecular flexibility index (Phi) is 6.55. The highest BCUT2D eigenvalue weighted by Gasteiger charge is 2.29. The number of likely N-dealkylation sites (N-methyl/N-ethyl adjacent to an activating group) is 1. The lowest BCUT2D eigenvalue weighted by atomic mass is 10.0. The fraction of sp³-hybridized carbons (Fsp3) is 0.909. The summed E-state index contributed by atoms with van der Waals surface area (Å²) in [5.41, 5.74) is -0.405. The first-order valence-corrected chi connectivity index (χ1v) is 5.47. The first kappa shape index (κ1) is 15.3. The molecule has 0 aromatic heterocycles. The van der Waals surface area contributed by atoms with Gasteiger partial charge in [-0.1, -0.05) is 0 Å². The minimum absolute atomic E-state index is 0.0131. The normalized spacial score (nSPS) is 13.9. The number of hydrogen-bond acceptors (Lipinski definition) is 4. The Hall–Kier alpha value is -0.650. The van der Waals surface area contributed by atoms with Crippen molar-refractivity contribution in [2.75, 3.05) is 33.9 Å². The molecule has 0 aliphatic carbocycles. The summed E-state index contributed by atoms with van der Waals surface area (Å²) in [4.78, 5) is 13.6. The summed E-state index contributed by atoms with van der Waals surface area (Å²) in [5.74, 6) is -0.0546. The summed E-state index contributed by atoms with van der Waals surface area (Å²) >= 11 is 0. The molecule has 1 amide bonds. The van der Waals surface area contributed by atoms with Gasteiger partial charge in [0.25, 0.3) is 0 Å². The Morgan fingerprint density at radius 1 is 1.56 bits per heavy atom. The van der Waals surface area contributed by atoms with Crippen molar-refractivity contribution >= 4 is 5.91 Å². The average molecular weight is 232 g/mol. The lowest BCUT2D eigenvalue weighted by Gasteiger charge is -2.37. The third-order valence-electron chi connectivity index (χ3n) is 2.91. The number of aliphatic hydroxyl groups is 1. The molecule has 0 heterocycles. The van der Waals surface area contributed by atoms with Gasteiger partial charge in [-0.2, -0.15) is 0 Å². The van der Waals surface area contributed by atoms with Gasteiger partial charge in [-0.05, 0) is 27.8 Å². The molecule has 0 saturated carbocycles. The summed E-state index contributed by atoms with van der Waals surface area (Å²) in [6, 6.07) is -0.279. The van der Waals surface area contributed by atoms with E-state index in [4.69, 9.17) is 4.74 Å². The molecule has 0 radical (unpaired) electrons. The van der Waals surface area contributed by atoms with Gasteiger partial charge in [-0.3, -0.25) is 9.69 Å². The van der Waals surface area contributed by atoms with Gasteiger partial charge >= 0.3 is 0 Å². The molecule has 1 unspecified atom stereocenters. The van der Waals surface area contributed by atoms with Crippen molar-refractivity contribution in [1.82, 2.24) is 10.2 Å². The Morgan fingerprint density at radius 3 is 2.56 bits per heavy atom. The number of hydrogen-bond donors (Lipinski definition) is 2. The third-order valence-corrected chi connectivity index (χ3v) is 2.91.